The largest absolute Gasteiger partial charge is 0.393 e. The number of nitrogens with zero attached hydrogens (tertiary/aromatic N) is 3. The molecule has 6 heteroatoms. The maximum absolute atomic E-state index is 12.9. The Kier molecular flexibility index (Phi) is 4.43. The maximum atomic E-state index is 12.9. The van der Waals surface area contributed by atoms with Crippen molar-refractivity contribution in [3.63, 3.8) is 0 Å². The van der Waals surface area contributed by atoms with E-state index >= 15 is 0 Å². The molecular formula is C17H20FN3O2. The molecule has 1 aliphatic rings. The van der Waals surface area contributed by atoms with Crippen LogP contribution in [0.25, 0.3) is 5.69 Å². The molecule has 122 valence electrons. The lowest BCUT2D eigenvalue weighted by atomic mass is 10.0. The maximum Gasteiger partial charge on any atom is 0.228 e. The standard InChI is InChI=1S/C17H20FN3O2/c1-12(22)13-6-8-20(11-13)17(23)10-15-7-9-21(19-15)16-4-2-14(18)3-5-16/h2-5,7,9,12-13,22H,6,8,10-11H2,1H3. The summed E-state index contributed by atoms with van der Waals surface area (Å²) in [7, 11) is 0. The van der Waals surface area contributed by atoms with Crippen LogP contribution >= 0.6 is 0 Å². The highest BCUT2D eigenvalue weighted by Crippen LogP contribution is 2.20. The summed E-state index contributed by atoms with van der Waals surface area (Å²) in [6, 6.07) is 7.83. The van der Waals surface area contributed by atoms with E-state index in [9.17, 15) is 14.3 Å². The average Bonchev–Trinajstić information content (AvgIpc) is 3.17. The molecule has 1 aromatic carbocycles. The van der Waals surface area contributed by atoms with Gasteiger partial charge in [-0.25, -0.2) is 9.07 Å². The Hall–Kier alpha value is -2.21. The van der Waals surface area contributed by atoms with Crippen LogP contribution in [0.5, 0.6) is 0 Å². The molecule has 0 bridgehead atoms. The predicted octanol–water partition coefficient (Wildman–Crippen LogP) is 1.78. The lowest BCUT2D eigenvalue weighted by molar-refractivity contribution is -0.129. The molecule has 0 saturated carbocycles. The Morgan fingerprint density at radius 3 is 2.78 bits per heavy atom. The number of halogens is 1. The first-order valence-electron chi connectivity index (χ1n) is 7.79. The number of carbonyl (C=O) groups excluding carboxylic acids is 1. The highest BCUT2D eigenvalue weighted by molar-refractivity contribution is 5.78. The first-order chi connectivity index (χ1) is 11.0. The molecule has 1 saturated heterocycles. The quantitative estimate of drug-likeness (QED) is 0.935. The Labute approximate surface area is 134 Å². The molecule has 1 aliphatic heterocycles. The van der Waals surface area contributed by atoms with E-state index in [1.54, 1.807) is 40.9 Å². The fourth-order valence-electron chi connectivity index (χ4n) is 2.87. The topological polar surface area (TPSA) is 58.4 Å². The van der Waals surface area contributed by atoms with Gasteiger partial charge in [0, 0.05) is 25.2 Å². The van der Waals surface area contributed by atoms with Gasteiger partial charge in [0.15, 0.2) is 0 Å². The molecule has 3 rings (SSSR count). The van der Waals surface area contributed by atoms with Crippen molar-refractivity contribution in [1.82, 2.24) is 14.7 Å². The molecule has 1 aromatic heterocycles. The van der Waals surface area contributed by atoms with Gasteiger partial charge in [-0.05, 0) is 43.7 Å². The van der Waals surface area contributed by atoms with Gasteiger partial charge < -0.3 is 10.0 Å². The molecule has 0 aliphatic carbocycles. The second kappa shape index (κ2) is 6.50. The monoisotopic (exact) mass is 317 g/mol. The third kappa shape index (κ3) is 3.59. The van der Waals surface area contributed by atoms with E-state index in [2.05, 4.69) is 5.10 Å². The third-order valence-corrected chi connectivity index (χ3v) is 4.33. The minimum absolute atomic E-state index is 0.0255. The van der Waals surface area contributed by atoms with E-state index in [0.717, 1.165) is 12.1 Å². The molecule has 2 heterocycles. The molecule has 23 heavy (non-hydrogen) atoms. The van der Waals surface area contributed by atoms with Crippen LogP contribution in [0.4, 0.5) is 4.39 Å². The summed E-state index contributed by atoms with van der Waals surface area (Å²) >= 11 is 0. The van der Waals surface area contributed by atoms with Gasteiger partial charge in [0.05, 0.1) is 23.9 Å². The molecule has 1 fully saturated rings. The zero-order valence-corrected chi connectivity index (χ0v) is 13.0. The number of aliphatic hydroxyl groups is 1. The number of carbonyl (C=O) groups is 1. The Balaban J connectivity index is 1.63. The van der Waals surface area contributed by atoms with Crippen LogP contribution < -0.4 is 0 Å². The predicted molar refractivity (Wildman–Crippen MR) is 83.6 cm³/mol. The molecule has 5 nitrogen and oxygen atoms in total. The molecule has 2 aromatic rings. The summed E-state index contributed by atoms with van der Waals surface area (Å²) < 4.78 is 14.6. The molecule has 1 amide bonds. The molecular weight excluding hydrogens is 297 g/mol. The van der Waals surface area contributed by atoms with Crippen LogP contribution in [0.1, 0.15) is 19.0 Å². The van der Waals surface area contributed by atoms with E-state index in [1.165, 1.54) is 12.1 Å². The molecule has 1 N–H and O–H groups in total. The van der Waals surface area contributed by atoms with E-state index in [4.69, 9.17) is 0 Å². The zero-order valence-electron chi connectivity index (χ0n) is 13.0. The van der Waals surface area contributed by atoms with Crippen LogP contribution in [0.2, 0.25) is 0 Å². The van der Waals surface area contributed by atoms with Gasteiger partial charge in [-0.1, -0.05) is 0 Å². The SMILES string of the molecule is CC(O)C1CCN(C(=O)Cc2ccn(-c3ccc(F)cc3)n2)C1. The van der Waals surface area contributed by atoms with Crippen LogP contribution in [0.3, 0.4) is 0 Å². The van der Waals surface area contributed by atoms with Crippen molar-refractivity contribution >= 4 is 5.91 Å². The lowest BCUT2D eigenvalue weighted by Gasteiger charge is -2.17. The molecule has 0 spiro atoms. The first kappa shape index (κ1) is 15.7. The van der Waals surface area contributed by atoms with Gasteiger partial charge in [-0.2, -0.15) is 5.10 Å². The number of likely N-dealkylation sites (tertiary alicyclic amines) is 1. The number of rotatable bonds is 4. The Morgan fingerprint density at radius 2 is 2.13 bits per heavy atom. The number of amides is 1. The Morgan fingerprint density at radius 1 is 1.39 bits per heavy atom. The van der Waals surface area contributed by atoms with E-state index in [1.807, 2.05) is 0 Å². The second-order valence-electron chi connectivity index (χ2n) is 6.03. The second-order valence-corrected chi connectivity index (χ2v) is 6.03. The van der Waals surface area contributed by atoms with Crippen molar-refractivity contribution in [2.24, 2.45) is 5.92 Å². The van der Waals surface area contributed by atoms with Crippen LogP contribution in [0.15, 0.2) is 36.5 Å². The van der Waals surface area contributed by atoms with Crippen molar-refractivity contribution in [3.05, 3.63) is 48.0 Å². The third-order valence-electron chi connectivity index (χ3n) is 4.33. The van der Waals surface area contributed by atoms with Crippen molar-refractivity contribution in [3.8, 4) is 5.69 Å². The fraction of sp³-hybridized carbons (Fsp3) is 0.412. The number of hydrogen-bond acceptors (Lipinski definition) is 3. The van der Waals surface area contributed by atoms with Crippen molar-refractivity contribution in [2.45, 2.75) is 25.9 Å². The van der Waals surface area contributed by atoms with E-state index < -0.39 is 0 Å². The summed E-state index contributed by atoms with van der Waals surface area (Å²) in [5.41, 5.74) is 1.43. The van der Waals surface area contributed by atoms with E-state index in [-0.39, 0.29) is 30.2 Å². The smallest absolute Gasteiger partial charge is 0.228 e. The van der Waals surface area contributed by atoms with Crippen molar-refractivity contribution < 1.29 is 14.3 Å². The van der Waals surface area contributed by atoms with Crippen molar-refractivity contribution in [1.29, 1.82) is 0 Å². The minimum Gasteiger partial charge on any atom is -0.393 e. The Bertz CT molecular complexity index is 681. The fourth-order valence-corrected chi connectivity index (χ4v) is 2.87. The lowest BCUT2D eigenvalue weighted by Crippen LogP contribution is -2.31. The first-order valence-corrected chi connectivity index (χ1v) is 7.79. The van der Waals surface area contributed by atoms with E-state index in [0.29, 0.717) is 18.8 Å². The van der Waals surface area contributed by atoms with Crippen LogP contribution in [0, 0.1) is 11.7 Å². The van der Waals surface area contributed by atoms with Gasteiger partial charge in [0.1, 0.15) is 5.82 Å². The summed E-state index contributed by atoms with van der Waals surface area (Å²) in [6.45, 7) is 3.06. The van der Waals surface area contributed by atoms with Gasteiger partial charge in [-0.15, -0.1) is 0 Å². The summed E-state index contributed by atoms with van der Waals surface area (Å²) in [4.78, 5) is 14.1. The molecule has 2 atom stereocenters. The average molecular weight is 317 g/mol. The highest BCUT2D eigenvalue weighted by atomic mass is 19.1. The molecule has 2 unspecified atom stereocenters. The number of benzene rings is 1. The minimum atomic E-state index is -0.384. The van der Waals surface area contributed by atoms with Gasteiger partial charge in [-0.3, -0.25) is 4.79 Å². The van der Waals surface area contributed by atoms with Crippen LogP contribution in [-0.4, -0.2) is 44.9 Å². The zero-order chi connectivity index (χ0) is 16.4. The van der Waals surface area contributed by atoms with Gasteiger partial charge in [0.2, 0.25) is 5.91 Å². The highest BCUT2D eigenvalue weighted by Gasteiger charge is 2.29. The number of hydrogen-bond donors (Lipinski definition) is 1. The normalized spacial score (nSPS) is 19.1. The van der Waals surface area contributed by atoms with Crippen LogP contribution in [-0.2, 0) is 11.2 Å². The van der Waals surface area contributed by atoms with Gasteiger partial charge in [0.25, 0.3) is 0 Å². The molecule has 0 radical (unpaired) electrons. The van der Waals surface area contributed by atoms with Crippen molar-refractivity contribution in [2.75, 3.05) is 13.1 Å². The number of aromatic nitrogens is 2. The number of aliphatic hydroxyl groups excluding tert-OH is 1. The van der Waals surface area contributed by atoms with Gasteiger partial charge >= 0.3 is 0 Å². The summed E-state index contributed by atoms with van der Waals surface area (Å²) in [6.07, 6.45) is 2.46. The summed E-state index contributed by atoms with van der Waals surface area (Å²) in [5.74, 6) is -0.105. The summed E-state index contributed by atoms with van der Waals surface area (Å²) in [5, 5.41) is 14.0.